The Morgan fingerprint density at radius 2 is 2.32 bits per heavy atom. The summed E-state index contributed by atoms with van der Waals surface area (Å²) in [5.74, 6) is -1.61. The highest BCUT2D eigenvalue weighted by atomic mass is 16.4. The monoisotopic (exact) mass is 266 g/mol. The fraction of sp³-hybridized carbons (Fsp3) is 0.583. The van der Waals surface area contributed by atoms with Gasteiger partial charge in [0.15, 0.2) is 11.4 Å². The number of piperidine rings is 1. The molecule has 19 heavy (non-hydrogen) atoms. The fourth-order valence-corrected chi connectivity index (χ4v) is 2.30. The SMILES string of the molecule is CC1CC(NC(=O)c2nc[nH]c2C(=O)O)CCN1C. The van der Waals surface area contributed by atoms with Crippen molar-refractivity contribution in [1.82, 2.24) is 20.2 Å². The van der Waals surface area contributed by atoms with Gasteiger partial charge in [0.25, 0.3) is 5.91 Å². The van der Waals surface area contributed by atoms with Gasteiger partial charge in [-0.1, -0.05) is 0 Å². The molecule has 2 unspecified atom stereocenters. The first-order chi connectivity index (χ1) is 8.99. The van der Waals surface area contributed by atoms with Gasteiger partial charge in [-0.15, -0.1) is 0 Å². The summed E-state index contributed by atoms with van der Waals surface area (Å²) in [6.07, 6.45) is 2.93. The normalized spacial score (nSPS) is 24.1. The molecule has 1 aromatic heterocycles. The Balaban J connectivity index is 2.01. The van der Waals surface area contributed by atoms with Gasteiger partial charge >= 0.3 is 5.97 Å². The van der Waals surface area contributed by atoms with E-state index in [9.17, 15) is 9.59 Å². The lowest BCUT2D eigenvalue weighted by Crippen LogP contribution is -2.47. The van der Waals surface area contributed by atoms with Gasteiger partial charge in [-0.2, -0.15) is 0 Å². The molecular weight excluding hydrogens is 248 g/mol. The smallest absolute Gasteiger partial charge is 0.354 e. The topological polar surface area (TPSA) is 98.3 Å². The zero-order valence-electron chi connectivity index (χ0n) is 11.0. The molecule has 1 amide bonds. The summed E-state index contributed by atoms with van der Waals surface area (Å²) in [4.78, 5) is 31.4. The van der Waals surface area contributed by atoms with Crippen LogP contribution < -0.4 is 5.32 Å². The molecule has 2 heterocycles. The number of carboxylic acid groups (broad SMARTS) is 1. The molecule has 1 aromatic rings. The first kappa shape index (κ1) is 13.5. The molecule has 0 aromatic carbocycles. The maximum atomic E-state index is 12.0. The number of nitrogens with one attached hydrogen (secondary N) is 2. The third kappa shape index (κ3) is 2.93. The largest absolute Gasteiger partial charge is 0.477 e. The van der Waals surface area contributed by atoms with E-state index in [2.05, 4.69) is 34.2 Å². The van der Waals surface area contributed by atoms with E-state index < -0.39 is 11.9 Å². The number of aromatic amines is 1. The van der Waals surface area contributed by atoms with Crippen molar-refractivity contribution in [2.24, 2.45) is 0 Å². The highest BCUT2D eigenvalue weighted by Gasteiger charge is 2.26. The number of amides is 1. The van der Waals surface area contributed by atoms with Crippen LogP contribution in [0.25, 0.3) is 0 Å². The molecule has 7 heteroatoms. The van der Waals surface area contributed by atoms with Crippen molar-refractivity contribution in [1.29, 1.82) is 0 Å². The number of hydrogen-bond acceptors (Lipinski definition) is 4. The van der Waals surface area contributed by atoms with Crippen molar-refractivity contribution >= 4 is 11.9 Å². The van der Waals surface area contributed by atoms with E-state index in [1.165, 1.54) is 6.33 Å². The van der Waals surface area contributed by atoms with Crippen LogP contribution in [0.5, 0.6) is 0 Å². The molecular formula is C12H18N4O3. The first-order valence-electron chi connectivity index (χ1n) is 6.26. The van der Waals surface area contributed by atoms with Crippen LogP contribution in [0.15, 0.2) is 6.33 Å². The van der Waals surface area contributed by atoms with Gasteiger partial charge < -0.3 is 20.3 Å². The van der Waals surface area contributed by atoms with E-state index in [-0.39, 0.29) is 17.4 Å². The molecule has 1 aliphatic heterocycles. The Kier molecular flexibility index (Phi) is 3.84. The summed E-state index contributed by atoms with van der Waals surface area (Å²) in [5, 5.41) is 11.8. The first-order valence-corrected chi connectivity index (χ1v) is 6.26. The van der Waals surface area contributed by atoms with Crippen molar-refractivity contribution in [2.45, 2.75) is 31.8 Å². The minimum atomic E-state index is -1.18. The third-order valence-electron chi connectivity index (χ3n) is 3.61. The third-order valence-corrected chi connectivity index (χ3v) is 3.61. The van der Waals surface area contributed by atoms with Crippen molar-refractivity contribution in [3.05, 3.63) is 17.7 Å². The Labute approximate surface area is 111 Å². The molecule has 0 bridgehead atoms. The van der Waals surface area contributed by atoms with Gasteiger partial charge in [-0.05, 0) is 26.8 Å². The van der Waals surface area contributed by atoms with Crippen molar-refractivity contribution in [2.75, 3.05) is 13.6 Å². The lowest BCUT2D eigenvalue weighted by molar-refractivity contribution is 0.0683. The van der Waals surface area contributed by atoms with E-state index in [1.54, 1.807) is 0 Å². The van der Waals surface area contributed by atoms with Crippen LogP contribution in [0.2, 0.25) is 0 Å². The summed E-state index contributed by atoms with van der Waals surface area (Å²) >= 11 is 0. The van der Waals surface area contributed by atoms with Crippen molar-refractivity contribution < 1.29 is 14.7 Å². The molecule has 104 valence electrons. The average molecular weight is 266 g/mol. The quantitative estimate of drug-likeness (QED) is 0.732. The number of rotatable bonds is 3. The summed E-state index contributed by atoms with van der Waals surface area (Å²) in [7, 11) is 2.05. The second-order valence-corrected chi connectivity index (χ2v) is 4.96. The van der Waals surface area contributed by atoms with Gasteiger partial charge in [0.05, 0.1) is 6.33 Å². The number of H-pyrrole nitrogens is 1. The number of imidazole rings is 1. The van der Waals surface area contributed by atoms with E-state index >= 15 is 0 Å². The minimum absolute atomic E-state index is 0.0564. The number of carbonyl (C=O) groups is 2. The average Bonchev–Trinajstić information content (AvgIpc) is 2.83. The molecule has 1 saturated heterocycles. The minimum Gasteiger partial charge on any atom is -0.477 e. The van der Waals surface area contributed by atoms with Crippen LogP contribution >= 0.6 is 0 Å². The van der Waals surface area contributed by atoms with E-state index in [1.807, 2.05) is 0 Å². The number of aromatic nitrogens is 2. The second-order valence-electron chi connectivity index (χ2n) is 4.96. The molecule has 1 fully saturated rings. The van der Waals surface area contributed by atoms with Gasteiger partial charge in [-0.25, -0.2) is 9.78 Å². The number of hydrogen-bond donors (Lipinski definition) is 3. The zero-order valence-corrected chi connectivity index (χ0v) is 11.0. The van der Waals surface area contributed by atoms with Crippen molar-refractivity contribution in [3.8, 4) is 0 Å². The predicted molar refractivity (Wildman–Crippen MR) is 68.1 cm³/mol. The van der Waals surface area contributed by atoms with Crippen LogP contribution in [-0.2, 0) is 0 Å². The Morgan fingerprint density at radius 3 is 2.95 bits per heavy atom. The number of nitrogens with zero attached hydrogens (tertiary/aromatic N) is 2. The highest BCUT2D eigenvalue weighted by Crippen LogP contribution is 2.16. The summed E-state index contributed by atoms with van der Waals surface area (Å²) in [6, 6.07) is 0.467. The summed E-state index contributed by atoms with van der Waals surface area (Å²) in [6.45, 7) is 3.02. The molecule has 0 aliphatic carbocycles. The Hall–Kier alpha value is -1.89. The Morgan fingerprint density at radius 1 is 1.58 bits per heavy atom. The van der Waals surface area contributed by atoms with Gasteiger partial charge in [0.2, 0.25) is 0 Å². The van der Waals surface area contributed by atoms with Crippen molar-refractivity contribution in [3.63, 3.8) is 0 Å². The molecule has 2 rings (SSSR count). The standard InChI is InChI=1S/C12H18N4O3/c1-7-5-8(3-4-16(7)2)15-11(17)9-10(12(18)19)14-6-13-9/h6-8H,3-5H2,1-2H3,(H,13,14)(H,15,17)(H,18,19). The van der Waals surface area contributed by atoms with Crippen LogP contribution in [0.4, 0.5) is 0 Å². The number of likely N-dealkylation sites (tertiary alicyclic amines) is 1. The number of carboxylic acids is 1. The lowest BCUT2D eigenvalue weighted by Gasteiger charge is -2.35. The molecule has 3 N–H and O–H groups in total. The summed E-state index contributed by atoms with van der Waals surface area (Å²) < 4.78 is 0. The van der Waals surface area contributed by atoms with Crippen LogP contribution in [0, 0.1) is 0 Å². The molecule has 0 saturated carbocycles. The maximum absolute atomic E-state index is 12.0. The highest BCUT2D eigenvalue weighted by molar-refractivity contribution is 6.02. The second kappa shape index (κ2) is 5.40. The zero-order chi connectivity index (χ0) is 14.0. The molecule has 7 nitrogen and oxygen atoms in total. The van der Waals surface area contributed by atoms with Gasteiger partial charge in [-0.3, -0.25) is 4.79 Å². The van der Waals surface area contributed by atoms with E-state index in [0.717, 1.165) is 19.4 Å². The number of carbonyl (C=O) groups excluding carboxylic acids is 1. The van der Waals surface area contributed by atoms with Gasteiger partial charge in [0, 0.05) is 18.6 Å². The number of aromatic carboxylic acids is 1. The predicted octanol–water partition coefficient (Wildman–Crippen LogP) is 0.320. The van der Waals surface area contributed by atoms with Crippen LogP contribution in [0.1, 0.15) is 40.7 Å². The molecule has 2 atom stereocenters. The Bertz CT molecular complexity index is 485. The van der Waals surface area contributed by atoms with Crippen LogP contribution in [0.3, 0.4) is 0 Å². The maximum Gasteiger partial charge on any atom is 0.354 e. The van der Waals surface area contributed by atoms with Gasteiger partial charge in [0.1, 0.15) is 0 Å². The molecule has 1 aliphatic rings. The lowest BCUT2D eigenvalue weighted by atomic mass is 9.99. The van der Waals surface area contributed by atoms with E-state index in [4.69, 9.17) is 5.11 Å². The fourth-order valence-electron chi connectivity index (χ4n) is 2.30. The van der Waals surface area contributed by atoms with Crippen LogP contribution in [-0.4, -0.2) is 57.5 Å². The van der Waals surface area contributed by atoms with E-state index in [0.29, 0.717) is 6.04 Å². The summed E-state index contributed by atoms with van der Waals surface area (Å²) in [5.41, 5.74) is -0.224. The molecule has 0 spiro atoms. The molecule has 0 radical (unpaired) electrons.